The highest BCUT2D eigenvalue weighted by Crippen LogP contribution is 2.38. The summed E-state index contributed by atoms with van der Waals surface area (Å²) in [5.41, 5.74) is -0.160. The van der Waals surface area contributed by atoms with Crippen molar-refractivity contribution in [3.63, 3.8) is 0 Å². The van der Waals surface area contributed by atoms with Crippen LogP contribution in [-0.4, -0.2) is 35.8 Å². The Morgan fingerprint density at radius 2 is 2.21 bits per heavy atom. The number of hydrogen-bond acceptors (Lipinski definition) is 5. The number of nitro benzene ring substituents is 1. The molecule has 1 fully saturated rings. The molecule has 6 nitrogen and oxygen atoms in total. The first-order valence-electron chi connectivity index (χ1n) is 6.29. The molecular formula is C13H18N2O4. The zero-order valence-corrected chi connectivity index (χ0v) is 11.1. The van der Waals surface area contributed by atoms with E-state index in [0.717, 1.165) is 6.42 Å². The average molecular weight is 266 g/mol. The van der Waals surface area contributed by atoms with E-state index in [2.05, 4.69) is 0 Å². The van der Waals surface area contributed by atoms with E-state index in [1.165, 1.54) is 13.2 Å². The third kappa shape index (κ3) is 2.63. The molecule has 0 amide bonds. The third-order valence-electron chi connectivity index (χ3n) is 3.41. The van der Waals surface area contributed by atoms with Crippen molar-refractivity contribution in [3.05, 3.63) is 28.3 Å². The lowest BCUT2D eigenvalue weighted by Crippen LogP contribution is -2.62. The topological polar surface area (TPSA) is 75.8 Å². The number of benzene rings is 1. The summed E-state index contributed by atoms with van der Waals surface area (Å²) >= 11 is 0. The van der Waals surface area contributed by atoms with Gasteiger partial charge in [0.05, 0.1) is 23.7 Å². The molecule has 0 saturated carbocycles. The van der Waals surface area contributed by atoms with Crippen LogP contribution in [0.3, 0.4) is 0 Å². The van der Waals surface area contributed by atoms with E-state index in [1.807, 2.05) is 11.8 Å². The van der Waals surface area contributed by atoms with Gasteiger partial charge in [-0.15, -0.1) is 0 Å². The Balaban J connectivity index is 2.20. The van der Waals surface area contributed by atoms with Gasteiger partial charge in [-0.05, 0) is 18.6 Å². The van der Waals surface area contributed by atoms with E-state index in [-0.39, 0.29) is 5.69 Å². The van der Waals surface area contributed by atoms with Crippen molar-refractivity contribution in [1.29, 1.82) is 0 Å². The Bertz CT molecular complexity index is 484. The minimum atomic E-state index is -0.706. The lowest BCUT2D eigenvalue weighted by Gasteiger charge is -2.47. The van der Waals surface area contributed by atoms with Gasteiger partial charge in [0.2, 0.25) is 0 Å². The summed E-state index contributed by atoms with van der Waals surface area (Å²) in [6.45, 7) is 2.89. The fourth-order valence-corrected chi connectivity index (χ4v) is 2.50. The second-order valence-electron chi connectivity index (χ2n) is 4.94. The molecule has 1 saturated heterocycles. The number of methoxy groups -OCH3 is 1. The van der Waals surface area contributed by atoms with Crippen molar-refractivity contribution < 1.29 is 14.8 Å². The zero-order valence-electron chi connectivity index (χ0n) is 11.1. The molecule has 1 aliphatic rings. The van der Waals surface area contributed by atoms with Gasteiger partial charge in [-0.2, -0.15) is 0 Å². The van der Waals surface area contributed by atoms with Crippen molar-refractivity contribution in [2.24, 2.45) is 0 Å². The van der Waals surface area contributed by atoms with Gasteiger partial charge in [0.1, 0.15) is 11.4 Å². The number of hydrogen-bond donors (Lipinski definition) is 1. The number of rotatable bonds is 5. The molecule has 1 aliphatic heterocycles. The summed E-state index contributed by atoms with van der Waals surface area (Å²) in [7, 11) is 1.47. The molecule has 1 N–H and O–H groups in total. The molecule has 1 aromatic carbocycles. The van der Waals surface area contributed by atoms with E-state index in [9.17, 15) is 15.2 Å². The van der Waals surface area contributed by atoms with Crippen LogP contribution in [0, 0.1) is 10.1 Å². The van der Waals surface area contributed by atoms with Crippen molar-refractivity contribution in [2.45, 2.75) is 25.4 Å². The fraction of sp³-hybridized carbons (Fsp3) is 0.538. The quantitative estimate of drug-likeness (QED) is 0.651. The van der Waals surface area contributed by atoms with Crippen LogP contribution in [0.25, 0.3) is 0 Å². The van der Waals surface area contributed by atoms with Gasteiger partial charge in [0.15, 0.2) is 0 Å². The van der Waals surface area contributed by atoms with E-state index in [1.54, 1.807) is 12.1 Å². The molecule has 0 aliphatic carbocycles. The number of aliphatic hydroxyl groups is 1. The van der Waals surface area contributed by atoms with Crippen molar-refractivity contribution >= 4 is 11.4 Å². The van der Waals surface area contributed by atoms with Gasteiger partial charge in [0.25, 0.3) is 5.69 Å². The second kappa shape index (κ2) is 5.05. The lowest BCUT2D eigenvalue weighted by atomic mass is 9.88. The van der Waals surface area contributed by atoms with E-state index in [0.29, 0.717) is 30.9 Å². The highest BCUT2D eigenvalue weighted by atomic mass is 16.6. The normalized spacial score (nSPS) is 16.9. The SMILES string of the molecule is CCCC1(O)CN(c2ccc(OC)cc2[N+](=O)[O-])C1. The Kier molecular flexibility index (Phi) is 3.61. The van der Waals surface area contributed by atoms with Gasteiger partial charge < -0.3 is 14.7 Å². The van der Waals surface area contributed by atoms with Gasteiger partial charge in [-0.25, -0.2) is 0 Å². The van der Waals surface area contributed by atoms with E-state index >= 15 is 0 Å². The van der Waals surface area contributed by atoms with Crippen LogP contribution in [-0.2, 0) is 0 Å². The summed E-state index contributed by atoms with van der Waals surface area (Å²) in [6.07, 6.45) is 1.61. The molecule has 104 valence electrons. The maximum absolute atomic E-state index is 11.1. The molecule has 6 heteroatoms. The highest BCUT2D eigenvalue weighted by molar-refractivity contribution is 5.67. The Labute approximate surface area is 111 Å². The largest absolute Gasteiger partial charge is 0.496 e. The highest BCUT2D eigenvalue weighted by Gasteiger charge is 2.42. The van der Waals surface area contributed by atoms with E-state index in [4.69, 9.17) is 4.74 Å². The van der Waals surface area contributed by atoms with Crippen LogP contribution >= 0.6 is 0 Å². The van der Waals surface area contributed by atoms with Crippen LogP contribution in [0.5, 0.6) is 5.75 Å². The van der Waals surface area contributed by atoms with Gasteiger partial charge in [-0.1, -0.05) is 13.3 Å². The van der Waals surface area contributed by atoms with Gasteiger partial charge >= 0.3 is 0 Å². The van der Waals surface area contributed by atoms with E-state index < -0.39 is 10.5 Å². The van der Waals surface area contributed by atoms with Crippen LogP contribution in [0.4, 0.5) is 11.4 Å². The molecular weight excluding hydrogens is 248 g/mol. The minimum absolute atomic E-state index is 0.0119. The number of β-amino-alcohol motifs (C(OH)–C–C–N with tert-alkyl or cyclic N) is 1. The molecule has 0 spiro atoms. The van der Waals surface area contributed by atoms with Gasteiger partial charge in [0, 0.05) is 13.1 Å². The number of anilines is 1. The summed E-state index contributed by atoms with van der Waals surface area (Å²) in [5.74, 6) is 0.458. The smallest absolute Gasteiger partial charge is 0.296 e. The first kappa shape index (κ1) is 13.6. The molecule has 19 heavy (non-hydrogen) atoms. The maximum Gasteiger partial charge on any atom is 0.296 e. The monoisotopic (exact) mass is 266 g/mol. The van der Waals surface area contributed by atoms with Crippen molar-refractivity contribution in [1.82, 2.24) is 0 Å². The lowest BCUT2D eigenvalue weighted by molar-refractivity contribution is -0.384. The number of ether oxygens (including phenoxy) is 1. The minimum Gasteiger partial charge on any atom is -0.496 e. The number of nitro groups is 1. The first-order chi connectivity index (χ1) is 8.99. The Hall–Kier alpha value is -1.82. The fourth-order valence-electron chi connectivity index (χ4n) is 2.50. The molecule has 1 heterocycles. The molecule has 1 aromatic rings. The maximum atomic E-state index is 11.1. The molecule has 0 unspecified atom stereocenters. The summed E-state index contributed by atoms with van der Waals surface area (Å²) in [6, 6.07) is 4.77. The molecule has 2 rings (SSSR count). The molecule has 0 bridgehead atoms. The molecule has 0 atom stereocenters. The van der Waals surface area contributed by atoms with Crippen LogP contribution in [0.2, 0.25) is 0 Å². The Morgan fingerprint density at radius 3 is 2.74 bits per heavy atom. The van der Waals surface area contributed by atoms with Crippen molar-refractivity contribution in [2.75, 3.05) is 25.1 Å². The van der Waals surface area contributed by atoms with Crippen LogP contribution in [0.1, 0.15) is 19.8 Å². The predicted molar refractivity (Wildman–Crippen MR) is 71.7 cm³/mol. The third-order valence-corrected chi connectivity index (χ3v) is 3.41. The molecule has 0 aromatic heterocycles. The summed E-state index contributed by atoms with van der Waals surface area (Å²) in [4.78, 5) is 12.5. The van der Waals surface area contributed by atoms with Gasteiger partial charge in [-0.3, -0.25) is 10.1 Å². The number of nitrogens with zero attached hydrogens (tertiary/aromatic N) is 2. The molecule has 0 radical (unpaired) electrons. The Morgan fingerprint density at radius 1 is 1.53 bits per heavy atom. The first-order valence-corrected chi connectivity index (χ1v) is 6.29. The van der Waals surface area contributed by atoms with Crippen molar-refractivity contribution in [3.8, 4) is 5.75 Å². The van der Waals surface area contributed by atoms with Crippen LogP contribution in [0.15, 0.2) is 18.2 Å². The average Bonchev–Trinajstić information content (AvgIpc) is 2.35. The standard InChI is InChI=1S/C13H18N2O4/c1-3-6-13(16)8-14(9-13)11-5-4-10(19-2)7-12(11)15(17)18/h4-5,7,16H,3,6,8-9H2,1-2H3. The zero-order chi connectivity index (χ0) is 14.0. The predicted octanol–water partition coefficient (Wildman–Crippen LogP) is 1.95. The van der Waals surface area contributed by atoms with Crippen LogP contribution < -0.4 is 9.64 Å². The summed E-state index contributed by atoms with van der Waals surface area (Å²) < 4.78 is 5.00. The second-order valence-corrected chi connectivity index (χ2v) is 4.94. The summed E-state index contributed by atoms with van der Waals surface area (Å²) in [5, 5.41) is 21.2.